The molecule has 0 bridgehead atoms. The van der Waals surface area contributed by atoms with E-state index in [0.29, 0.717) is 12.6 Å². The number of nitriles is 1. The molecule has 1 aliphatic rings. The molecule has 3 nitrogen and oxygen atoms in total. The van der Waals surface area contributed by atoms with E-state index in [9.17, 15) is 5.26 Å². The summed E-state index contributed by atoms with van der Waals surface area (Å²) in [5.74, 6) is 0. The summed E-state index contributed by atoms with van der Waals surface area (Å²) in [6.45, 7) is 1.65. The SMILES string of the molecule is N#Cc1cc(Br)ccc1N1CCCCC1CN. The highest BCUT2D eigenvalue weighted by molar-refractivity contribution is 9.10. The molecular formula is C13H16BrN3. The minimum atomic E-state index is 0.372. The monoisotopic (exact) mass is 293 g/mol. The van der Waals surface area contributed by atoms with Crippen molar-refractivity contribution < 1.29 is 0 Å². The van der Waals surface area contributed by atoms with Crippen LogP contribution in [-0.4, -0.2) is 19.1 Å². The second-order valence-corrected chi connectivity index (χ2v) is 5.27. The van der Waals surface area contributed by atoms with E-state index in [2.05, 4.69) is 26.9 Å². The minimum Gasteiger partial charge on any atom is -0.366 e. The molecule has 1 atom stereocenters. The highest BCUT2D eigenvalue weighted by Gasteiger charge is 2.23. The lowest BCUT2D eigenvalue weighted by Gasteiger charge is -2.37. The lowest BCUT2D eigenvalue weighted by Crippen LogP contribution is -2.44. The highest BCUT2D eigenvalue weighted by Crippen LogP contribution is 2.29. The predicted octanol–water partition coefficient (Wildman–Crippen LogP) is 2.64. The zero-order chi connectivity index (χ0) is 12.3. The lowest BCUT2D eigenvalue weighted by molar-refractivity contribution is 0.465. The quantitative estimate of drug-likeness (QED) is 0.912. The molecule has 1 aliphatic heterocycles. The summed E-state index contributed by atoms with van der Waals surface area (Å²) in [5, 5.41) is 9.20. The van der Waals surface area contributed by atoms with Crippen molar-refractivity contribution in [1.82, 2.24) is 0 Å². The average molecular weight is 294 g/mol. The van der Waals surface area contributed by atoms with Crippen LogP contribution in [0.2, 0.25) is 0 Å². The number of halogens is 1. The number of nitrogens with two attached hydrogens (primary N) is 1. The van der Waals surface area contributed by atoms with Crippen molar-refractivity contribution in [3.8, 4) is 6.07 Å². The van der Waals surface area contributed by atoms with Gasteiger partial charge in [-0.2, -0.15) is 5.26 Å². The van der Waals surface area contributed by atoms with Crippen molar-refractivity contribution in [1.29, 1.82) is 5.26 Å². The fourth-order valence-corrected chi connectivity index (χ4v) is 2.77. The molecule has 2 N–H and O–H groups in total. The van der Waals surface area contributed by atoms with E-state index in [-0.39, 0.29) is 0 Å². The summed E-state index contributed by atoms with van der Waals surface area (Å²) < 4.78 is 0.944. The number of rotatable bonds is 2. The number of hydrogen-bond acceptors (Lipinski definition) is 3. The van der Waals surface area contributed by atoms with E-state index < -0.39 is 0 Å². The van der Waals surface area contributed by atoms with Gasteiger partial charge in [0.15, 0.2) is 0 Å². The van der Waals surface area contributed by atoms with Gasteiger partial charge in [-0.3, -0.25) is 0 Å². The molecule has 17 heavy (non-hydrogen) atoms. The summed E-state index contributed by atoms with van der Waals surface area (Å²) in [4.78, 5) is 2.29. The smallest absolute Gasteiger partial charge is 0.101 e. The van der Waals surface area contributed by atoms with Crippen LogP contribution in [-0.2, 0) is 0 Å². The zero-order valence-corrected chi connectivity index (χ0v) is 11.3. The van der Waals surface area contributed by atoms with Gasteiger partial charge in [0.05, 0.1) is 11.3 Å². The summed E-state index contributed by atoms with van der Waals surface area (Å²) in [6, 6.07) is 8.51. The third-order valence-electron chi connectivity index (χ3n) is 3.29. The molecule has 1 aromatic rings. The molecule has 90 valence electrons. The molecule has 1 aromatic carbocycles. The molecule has 1 saturated heterocycles. The van der Waals surface area contributed by atoms with Crippen molar-refractivity contribution in [3.05, 3.63) is 28.2 Å². The molecule has 1 heterocycles. The fraction of sp³-hybridized carbons (Fsp3) is 0.462. The molecule has 1 unspecified atom stereocenters. The normalized spacial score (nSPS) is 20.1. The van der Waals surface area contributed by atoms with Gasteiger partial charge in [-0.1, -0.05) is 15.9 Å². The second-order valence-electron chi connectivity index (χ2n) is 4.35. The maximum Gasteiger partial charge on any atom is 0.101 e. The fourth-order valence-electron chi connectivity index (χ4n) is 2.41. The highest BCUT2D eigenvalue weighted by atomic mass is 79.9. The van der Waals surface area contributed by atoms with Gasteiger partial charge < -0.3 is 10.6 Å². The molecular weight excluding hydrogens is 278 g/mol. The number of benzene rings is 1. The van der Waals surface area contributed by atoms with Crippen LogP contribution >= 0.6 is 15.9 Å². The first kappa shape index (κ1) is 12.4. The second kappa shape index (κ2) is 5.52. The first-order valence-corrected chi connectivity index (χ1v) is 6.72. The van der Waals surface area contributed by atoms with E-state index in [1.165, 1.54) is 12.8 Å². The molecule has 0 radical (unpaired) electrons. The van der Waals surface area contributed by atoms with E-state index in [1.807, 2.05) is 18.2 Å². The van der Waals surface area contributed by atoms with Crippen molar-refractivity contribution in [2.24, 2.45) is 5.73 Å². The third kappa shape index (κ3) is 2.62. The molecule has 0 saturated carbocycles. The Morgan fingerprint density at radius 1 is 1.47 bits per heavy atom. The van der Waals surface area contributed by atoms with Crippen LogP contribution in [0.3, 0.4) is 0 Å². The van der Waals surface area contributed by atoms with Crippen LogP contribution in [0, 0.1) is 11.3 Å². The zero-order valence-electron chi connectivity index (χ0n) is 9.69. The van der Waals surface area contributed by atoms with Crippen LogP contribution in [0.4, 0.5) is 5.69 Å². The van der Waals surface area contributed by atoms with Crippen molar-refractivity contribution in [3.63, 3.8) is 0 Å². The van der Waals surface area contributed by atoms with Crippen molar-refractivity contribution in [2.45, 2.75) is 25.3 Å². The Labute approximate surface area is 110 Å². The Hall–Kier alpha value is -1.05. The van der Waals surface area contributed by atoms with Gasteiger partial charge in [0, 0.05) is 23.6 Å². The molecule has 0 spiro atoms. The average Bonchev–Trinajstić information content (AvgIpc) is 2.38. The van der Waals surface area contributed by atoms with Crippen LogP contribution in [0.15, 0.2) is 22.7 Å². The molecule has 0 aromatic heterocycles. The van der Waals surface area contributed by atoms with Crippen LogP contribution in [0.25, 0.3) is 0 Å². The van der Waals surface area contributed by atoms with E-state index in [0.717, 1.165) is 28.7 Å². The topological polar surface area (TPSA) is 53.0 Å². The first-order chi connectivity index (χ1) is 8.26. The maximum absolute atomic E-state index is 9.20. The van der Waals surface area contributed by atoms with Gasteiger partial charge in [-0.15, -0.1) is 0 Å². The van der Waals surface area contributed by atoms with Crippen LogP contribution < -0.4 is 10.6 Å². The Morgan fingerprint density at radius 2 is 2.29 bits per heavy atom. The van der Waals surface area contributed by atoms with Gasteiger partial charge in [0.25, 0.3) is 0 Å². The van der Waals surface area contributed by atoms with Crippen LogP contribution in [0.1, 0.15) is 24.8 Å². The minimum absolute atomic E-state index is 0.372. The summed E-state index contributed by atoms with van der Waals surface area (Å²) in [6.07, 6.45) is 3.53. The Bertz CT molecular complexity index is 439. The standard InChI is InChI=1S/C13H16BrN3/c14-11-4-5-13(10(7-11)8-15)17-6-2-1-3-12(17)9-16/h4-5,7,12H,1-3,6,9,16H2. The molecule has 1 fully saturated rings. The summed E-state index contributed by atoms with van der Waals surface area (Å²) in [5.41, 5.74) is 7.56. The van der Waals surface area contributed by atoms with E-state index >= 15 is 0 Å². The van der Waals surface area contributed by atoms with Gasteiger partial charge in [-0.05, 0) is 37.5 Å². The maximum atomic E-state index is 9.20. The summed E-state index contributed by atoms with van der Waals surface area (Å²) in [7, 11) is 0. The van der Waals surface area contributed by atoms with E-state index in [4.69, 9.17) is 5.73 Å². The summed E-state index contributed by atoms with van der Waals surface area (Å²) >= 11 is 3.40. The van der Waals surface area contributed by atoms with Crippen molar-refractivity contribution in [2.75, 3.05) is 18.0 Å². The first-order valence-electron chi connectivity index (χ1n) is 5.92. The number of anilines is 1. The largest absolute Gasteiger partial charge is 0.366 e. The number of hydrogen-bond donors (Lipinski definition) is 1. The van der Waals surface area contributed by atoms with Gasteiger partial charge in [-0.25, -0.2) is 0 Å². The van der Waals surface area contributed by atoms with Gasteiger partial charge in [0.1, 0.15) is 6.07 Å². The Balaban J connectivity index is 2.35. The number of nitrogens with zero attached hydrogens (tertiary/aromatic N) is 2. The molecule has 0 aliphatic carbocycles. The Morgan fingerprint density at radius 3 is 3.00 bits per heavy atom. The van der Waals surface area contributed by atoms with Crippen molar-refractivity contribution >= 4 is 21.6 Å². The Kier molecular flexibility index (Phi) is 4.03. The number of piperidine rings is 1. The van der Waals surface area contributed by atoms with E-state index in [1.54, 1.807) is 0 Å². The van der Waals surface area contributed by atoms with Gasteiger partial charge in [0.2, 0.25) is 0 Å². The molecule has 0 amide bonds. The molecule has 2 rings (SSSR count). The van der Waals surface area contributed by atoms with Crippen LogP contribution in [0.5, 0.6) is 0 Å². The third-order valence-corrected chi connectivity index (χ3v) is 3.78. The molecule has 4 heteroatoms. The lowest BCUT2D eigenvalue weighted by atomic mass is 10.00. The van der Waals surface area contributed by atoms with Gasteiger partial charge >= 0.3 is 0 Å². The predicted molar refractivity (Wildman–Crippen MR) is 72.9 cm³/mol.